The average molecular weight is 351 g/mol. The maximum Gasteiger partial charge on any atom is 0.344 e. The Morgan fingerprint density at radius 1 is 1.25 bits per heavy atom. The lowest BCUT2D eigenvalue weighted by atomic mass is 10.2. The Morgan fingerprint density at radius 2 is 1.92 bits per heavy atom. The van der Waals surface area contributed by atoms with Gasteiger partial charge in [-0.1, -0.05) is 30.3 Å². The minimum atomic E-state index is -4.05. The lowest BCUT2D eigenvalue weighted by Crippen LogP contribution is -2.39. The van der Waals surface area contributed by atoms with Crippen molar-refractivity contribution < 1.29 is 22.7 Å². The van der Waals surface area contributed by atoms with Crippen LogP contribution in [0.1, 0.15) is 12.5 Å². The normalized spacial score (nSPS) is 16.0. The van der Waals surface area contributed by atoms with Crippen LogP contribution in [0.2, 0.25) is 0 Å². The van der Waals surface area contributed by atoms with Crippen LogP contribution in [-0.2, 0) is 31.1 Å². The molecule has 0 spiro atoms. The number of rotatable bonds is 5. The van der Waals surface area contributed by atoms with Gasteiger partial charge in [0, 0.05) is 12.7 Å². The number of carbonyl (C=O) groups is 2. The highest BCUT2D eigenvalue weighted by Gasteiger charge is 2.29. The van der Waals surface area contributed by atoms with Gasteiger partial charge >= 0.3 is 16.2 Å². The van der Waals surface area contributed by atoms with Gasteiger partial charge in [-0.15, -0.1) is 4.40 Å². The Labute approximate surface area is 140 Å². The molecule has 1 aromatic rings. The van der Waals surface area contributed by atoms with Crippen LogP contribution in [0.5, 0.6) is 0 Å². The summed E-state index contributed by atoms with van der Waals surface area (Å²) in [7, 11) is -2.87. The minimum Gasteiger partial charge on any atom is -0.465 e. The fourth-order valence-corrected chi connectivity index (χ4v) is 3.08. The third kappa shape index (κ3) is 4.19. The summed E-state index contributed by atoms with van der Waals surface area (Å²) in [6, 6.07) is 9.19. The first-order valence-corrected chi connectivity index (χ1v) is 8.42. The summed E-state index contributed by atoms with van der Waals surface area (Å²) >= 11 is 0. The molecule has 0 bridgehead atoms. The predicted octanol–water partition coefficient (Wildman–Crippen LogP) is 0.381. The molecular formula is C15H17N3O5S. The molecule has 1 N–H and O–H groups in total. The van der Waals surface area contributed by atoms with E-state index in [-0.39, 0.29) is 17.8 Å². The summed E-state index contributed by atoms with van der Waals surface area (Å²) in [5, 5.41) is 2.61. The molecule has 2 rings (SSSR count). The van der Waals surface area contributed by atoms with Gasteiger partial charge in [-0.05, 0) is 12.5 Å². The fourth-order valence-electron chi connectivity index (χ4n) is 2.01. The van der Waals surface area contributed by atoms with Crippen molar-refractivity contribution in [1.29, 1.82) is 0 Å². The zero-order chi connectivity index (χ0) is 17.7. The molecular weight excluding hydrogens is 334 g/mol. The number of ether oxygens (including phenoxy) is 1. The number of nitrogens with one attached hydrogen (secondary N) is 1. The van der Waals surface area contributed by atoms with Gasteiger partial charge in [-0.2, -0.15) is 8.42 Å². The summed E-state index contributed by atoms with van der Waals surface area (Å²) in [5.74, 6) is -1.24. The Morgan fingerprint density at radius 3 is 2.54 bits per heavy atom. The van der Waals surface area contributed by atoms with Gasteiger partial charge in [0.05, 0.1) is 18.4 Å². The molecule has 0 saturated heterocycles. The molecule has 24 heavy (non-hydrogen) atoms. The average Bonchev–Trinajstić information content (AvgIpc) is 2.55. The quantitative estimate of drug-likeness (QED) is 0.772. The van der Waals surface area contributed by atoms with E-state index >= 15 is 0 Å². The lowest BCUT2D eigenvalue weighted by molar-refractivity contribution is -0.135. The summed E-state index contributed by atoms with van der Waals surface area (Å²) in [6.45, 7) is 1.17. The predicted molar refractivity (Wildman–Crippen MR) is 87.1 cm³/mol. The van der Waals surface area contributed by atoms with Crippen LogP contribution in [-0.4, -0.2) is 44.0 Å². The van der Waals surface area contributed by atoms with Gasteiger partial charge in [-0.25, -0.2) is 9.10 Å². The standard InChI is InChI=1S/C15H17N3O5S/c1-11-13(15(20)23-2)9-18(24(21,22)17-11)10-14(19)16-8-12-6-4-3-5-7-12/h3-7,9H,8,10H2,1-2H3,(H,16,19). The molecule has 0 aliphatic carbocycles. The second kappa shape index (κ2) is 7.26. The second-order valence-electron chi connectivity index (χ2n) is 5.00. The van der Waals surface area contributed by atoms with Crippen molar-refractivity contribution in [2.45, 2.75) is 13.5 Å². The Kier molecular flexibility index (Phi) is 5.35. The van der Waals surface area contributed by atoms with Crippen molar-refractivity contribution in [1.82, 2.24) is 9.62 Å². The van der Waals surface area contributed by atoms with Gasteiger partial charge in [-0.3, -0.25) is 4.79 Å². The van der Waals surface area contributed by atoms with E-state index in [1.807, 2.05) is 30.3 Å². The number of carbonyl (C=O) groups excluding carboxylic acids is 2. The van der Waals surface area contributed by atoms with Crippen molar-refractivity contribution in [3.05, 3.63) is 47.7 Å². The zero-order valence-corrected chi connectivity index (χ0v) is 14.0. The number of hydrogen-bond acceptors (Lipinski definition) is 5. The highest BCUT2D eigenvalue weighted by Crippen LogP contribution is 2.17. The number of amides is 1. The van der Waals surface area contributed by atoms with E-state index in [4.69, 9.17) is 0 Å². The third-order valence-electron chi connectivity index (χ3n) is 3.25. The highest BCUT2D eigenvalue weighted by molar-refractivity contribution is 7.88. The van der Waals surface area contributed by atoms with Gasteiger partial charge in [0.1, 0.15) is 6.54 Å². The molecule has 0 unspecified atom stereocenters. The summed E-state index contributed by atoms with van der Waals surface area (Å²) < 4.78 is 32.8. The van der Waals surface area contributed by atoms with Crippen LogP contribution in [0.4, 0.5) is 0 Å². The van der Waals surface area contributed by atoms with Gasteiger partial charge in [0.2, 0.25) is 5.91 Å². The molecule has 1 amide bonds. The molecule has 0 radical (unpaired) electrons. The van der Waals surface area contributed by atoms with Gasteiger partial charge in [0.25, 0.3) is 0 Å². The van der Waals surface area contributed by atoms with Crippen LogP contribution in [0.3, 0.4) is 0 Å². The first kappa shape index (κ1) is 17.7. The maximum atomic E-state index is 12.0. The van der Waals surface area contributed by atoms with Gasteiger partial charge in [0.15, 0.2) is 0 Å². The molecule has 0 saturated carbocycles. The van der Waals surface area contributed by atoms with Gasteiger partial charge < -0.3 is 10.1 Å². The topological polar surface area (TPSA) is 105 Å². The fraction of sp³-hybridized carbons (Fsp3) is 0.267. The minimum absolute atomic E-state index is 0.0109. The number of nitrogens with zero attached hydrogens (tertiary/aromatic N) is 2. The SMILES string of the molecule is COC(=O)C1=CN(CC(=O)NCc2ccccc2)S(=O)(=O)N=C1C. The molecule has 0 fully saturated rings. The van der Waals surface area contributed by atoms with Crippen molar-refractivity contribution in [3.8, 4) is 0 Å². The number of methoxy groups -OCH3 is 1. The molecule has 0 atom stereocenters. The Bertz CT molecular complexity index is 800. The van der Waals surface area contributed by atoms with E-state index in [9.17, 15) is 18.0 Å². The van der Waals surface area contributed by atoms with Crippen molar-refractivity contribution in [2.75, 3.05) is 13.7 Å². The molecule has 0 aromatic heterocycles. The number of hydrogen-bond donors (Lipinski definition) is 1. The zero-order valence-electron chi connectivity index (χ0n) is 13.2. The third-order valence-corrected chi connectivity index (χ3v) is 4.58. The Hall–Kier alpha value is -2.68. The monoisotopic (exact) mass is 351 g/mol. The van der Waals surface area contributed by atoms with E-state index in [0.717, 1.165) is 11.8 Å². The Balaban J connectivity index is 2.08. The largest absolute Gasteiger partial charge is 0.465 e. The van der Waals surface area contributed by atoms with Crippen molar-refractivity contribution in [3.63, 3.8) is 0 Å². The molecule has 8 nitrogen and oxygen atoms in total. The first-order chi connectivity index (χ1) is 11.3. The van der Waals surface area contributed by atoms with Crippen molar-refractivity contribution in [2.24, 2.45) is 4.40 Å². The molecule has 1 heterocycles. The summed E-state index contributed by atoms with van der Waals surface area (Å²) in [5.41, 5.74) is 0.887. The van der Waals surface area contributed by atoms with E-state index in [0.29, 0.717) is 4.31 Å². The molecule has 1 aliphatic rings. The molecule has 1 aliphatic heterocycles. The number of benzene rings is 1. The van der Waals surface area contributed by atoms with Crippen LogP contribution in [0, 0.1) is 0 Å². The van der Waals surface area contributed by atoms with E-state index in [2.05, 4.69) is 14.5 Å². The maximum absolute atomic E-state index is 12.0. The van der Waals surface area contributed by atoms with Crippen LogP contribution < -0.4 is 5.32 Å². The first-order valence-electron chi connectivity index (χ1n) is 7.03. The van der Waals surface area contributed by atoms with E-state index in [1.54, 1.807) is 0 Å². The molecule has 128 valence electrons. The van der Waals surface area contributed by atoms with Crippen LogP contribution >= 0.6 is 0 Å². The highest BCUT2D eigenvalue weighted by atomic mass is 32.2. The van der Waals surface area contributed by atoms with Crippen molar-refractivity contribution >= 4 is 27.8 Å². The second-order valence-corrected chi connectivity index (χ2v) is 6.54. The molecule has 9 heteroatoms. The summed E-state index contributed by atoms with van der Waals surface area (Å²) in [4.78, 5) is 23.6. The summed E-state index contributed by atoms with van der Waals surface area (Å²) in [6.07, 6.45) is 1.06. The van der Waals surface area contributed by atoms with E-state index < -0.39 is 28.6 Å². The molecule has 1 aromatic carbocycles. The lowest BCUT2D eigenvalue weighted by Gasteiger charge is -2.22. The van der Waals surface area contributed by atoms with Crippen LogP contribution in [0.15, 0.2) is 46.5 Å². The van der Waals surface area contributed by atoms with Crippen LogP contribution in [0.25, 0.3) is 0 Å². The number of esters is 1. The van der Waals surface area contributed by atoms with E-state index in [1.165, 1.54) is 14.0 Å². The smallest absolute Gasteiger partial charge is 0.344 e.